The van der Waals surface area contributed by atoms with Gasteiger partial charge >= 0.3 is 5.97 Å². The van der Waals surface area contributed by atoms with E-state index in [9.17, 15) is 9.90 Å². The van der Waals surface area contributed by atoms with Gasteiger partial charge in [-0.2, -0.15) is 0 Å². The van der Waals surface area contributed by atoms with Crippen LogP contribution in [0, 0.1) is 0 Å². The van der Waals surface area contributed by atoms with Gasteiger partial charge in [-0.25, -0.2) is 0 Å². The summed E-state index contributed by atoms with van der Waals surface area (Å²) >= 11 is 0. The van der Waals surface area contributed by atoms with Crippen LogP contribution < -0.4 is 0 Å². The molecule has 0 fully saturated rings. The Morgan fingerprint density at radius 3 is 2.46 bits per heavy atom. The van der Waals surface area contributed by atoms with Gasteiger partial charge in [-0.1, -0.05) is 69.8 Å². The summed E-state index contributed by atoms with van der Waals surface area (Å²) in [4.78, 5) is 11.4. The number of carbonyl (C=O) groups is 1. The van der Waals surface area contributed by atoms with Crippen LogP contribution in [0.4, 0.5) is 0 Å². The fourth-order valence-electron chi connectivity index (χ4n) is 2.44. The number of aliphatic hydroxyl groups excluding tert-OH is 3. The van der Waals surface area contributed by atoms with E-state index in [-0.39, 0.29) is 18.7 Å². The first-order valence-corrected chi connectivity index (χ1v) is 10.1. The van der Waals surface area contributed by atoms with Gasteiger partial charge < -0.3 is 20.1 Å². The molecule has 0 saturated carbocycles. The highest BCUT2D eigenvalue weighted by molar-refractivity contribution is 5.69. The molecule has 2 atom stereocenters. The van der Waals surface area contributed by atoms with Crippen molar-refractivity contribution < 1.29 is 24.9 Å². The highest BCUT2D eigenvalue weighted by Gasteiger charge is 2.07. The highest BCUT2D eigenvalue weighted by atomic mass is 16.5. The number of ether oxygens (including phenoxy) is 1. The van der Waals surface area contributed by atoms with Crippen molar-refractivity contribution in [2.24, 2.45) is 0 Å². The van der Waals surface area contributed by atoms with Crippen LogP contribution >= 0.6 is 0 Å². The number of unbranched alkanes of at least 4 members (excludes halogenated alkanes) is 7. The molecule has 0 aliphatic carbocycles. The molecule has 2 unspecified atom stereocenters. The number of hydrogen-bond donors (Lipinski definition) is 3. The van der Waals surface area contributed by atoms with Crippen LogP contribution in [0.1, 0.15) is 77.6 Å². The fourth-order valence-corrected chi connectivity index (χ4v) is 2.44. The molecule has 0 bridgehead atoms. The van der Waals surface area contributed by atoms with Crippen molar-refractivity contribution >= 4 is 5.97 Å². The van der Waals surface area contributed by atoms with E-state index in [1.807, 2.05) is 18.2 Å². The maximum absolute atomic E-state index is 11.4. The Balaban J connectivity index is 3.43. The summed E-state index contributed by atoms with van der Waals surface area (Å²) in [6.07, 6.45) is 17.4. The minimum Gasteiger partial charge on any atom is -0.463 e. The van der Waals surface area contributed by atoms with Crippen LogP contribution in [-0.4, -0.2) is 46.7 Å². The monoisotopic (exact) mass is 370 g/mol. The average Bonchev–Trinajstić information content (AvgIpc) is 2.64. The van der Waals surface area contributed by atoms with Gasteiger partial charge in [0.1, 0.15) is 12.7 Å². The fraction of sp³-hybridized carbons (Fsp3) is 0.762. The van der Waals surface area contributed by atoms with E-state index in [4.69, 9.17) is 14.9 Å². The van der Waals surface area contributed by atoms with Crippen molar-refractivity contribution in [2.75, 3.05) is 13.2 Å². The van der Waals surface area contributed by atoms with Gasteiger partial charge in [-0.15, -0.1) is 0 Å². The average molecular weight is 371 g/mol. The predicted molar refractivity (Wildman–Crippen MR) is 105 cm³/mol. The van der Waals surface area contributed by atoms with Gasteiger partial charge in [0.25, 0.3) is 0 Å². The number of hydrogen-bond acceptors (Lipinski definition) is 5. The van der Waals surface area contributed by atoms with Crippen molar-refractivity contribution in [1.29, 1.82) is 0 Å². The normalized spacial score (nSPS) is 14.2. The summed E-state index contributed by atoms with van der Waals surface area (Å²) in [5.41, 5.74) is 0. The van der Waals surface area contributed by atoms with Gasteiger partial charge in [-0.3, -0.25) is 4.79 Å². The lowest BCUT2D eigenvalue weighted by atomic mass is 10.1. The quantitative estimate of drug-likeness (QED) is 0.207. The molecule has 0 aliphatic heterocycles. The Hall–Kier alpha value is -1.17. The maximum Gasteiger partial charge on any atom is 0.305 e. The molecule has 0 radical (unpaired) electrons. The third-order valence-corrected chi connectivity index (χ3v) is 4.08. The summed E-state index contributed by atoms with van der Waals surface area (Å²) in [6, 6.07) is 0. The highest BCUT2D eigenvalue weighted by Crippen LogP contribution is 2.09. The molecule has 0 heterocycles. The molecular formula is C21H38O5. The lowest BCUT2D eigenvalue weighted by Crippen LogP contribution is -2.21. The first kappa shape index (κ1) is 24.8. The van der Waals surface area contributed by atoms with Gasteiger partial charge in [-0.05, 0) is 25.7 Å². The Labute approximate surface area is 158 Å². The van der Waals surface area contributed by atoms with Crippen LogP contribution in [0.5, 0.6) is 0 Å². The van der Waals surface area contributed by atoms with Crippen molar-refractivity contribution in [3.63, 3.8) is 0 Å². The lowest BCUT2D eigenvalue weighted by molar-refractivity contribution is -0.147. The molecular weight excluding hydrogens is 332 g/mol. The van der Waals surface area contributed by atoms with Gasteiger partial charge in [0.15, 0.2) is 0 Å². The predicted octanol–water partition coefficient (Wildman–Crippen LogP) is 3.67. The number of aliphatic hydroxyl groups is 3. The zero-order valence-electron chi connectivity index (χ0n) is 16.3. The minimum atomic E-state index is -0.980. The second kappa shape index (κ2) is 18.6. The van der Waals surface area contributed by atoms with Crippen LogP contribution in [0.2, 0.25) is 0 Å². The topological polar surface area (TPSA) is 87.0 Å². The van der Waals surface area contributed by atoms with E-state index < -0.39 is 12.7 Å². The van der Waals surface area contributed by atoms with Crippen LogP contribution in [-0.2, 0) is 9.53 Å². The molecule has 152 valence electrons. The summed E-state index contributed by atoms with van der Waals surface area (Å²) in [7, 11) is 0. The molecule has 3 N–H and O–H groups in total. The third-order valence-electron chi connectivity index (χ3n) is 4.08. The van der Waals surface area contributed by atoms with E-state index in [1.165, 1.54) is 12.8 Å². The maximum atomic E-state index is 11.4. The van der Waals surface area contributed by atoms with E-state index in [1.54, 1.807) is 0 Å². The standard InChI is InChI=1S/C21H38O5/c1-2-3-11-14-19(23)15-12-9-7-5-4-6-8-10-13-16-21(25)26-18-20(24)17-22/h7,9,12,15,19-20,22-24H,2-6,8,10-11,13-14,16-18H2,1H3. The number of carbonyl (C=O) groups excluding carboxylic acids is 1. The zero-order chi connectivity index (χ0) is 19.5. The first-order valence-electron chi connectivity index (χ1n) is 10.1. The van der Waals surface area contributed by atoms with E-state index in [2.05, 4.69) is 13.0 Å². The smallest absolute Gasteiger partial charge is 0.305 e. The third kappa shape index (κ3) is 17.6. The molecule has 0 rings (SSSR count). The molecule has 26 heavy (non-hydrogen) atoms. The number of allylic oxidation sites excluding steroid dienone is 3. The summed E-state index contributed by atoms with van der Waals surface area (Å²) in [5, 5.41) is 27.4. The second-order valence-electron chi connectivity index (χ2n) is 6.70. The minimum absolute atomic E-state index is 0.133. The number of esters is 1. The zero-order valence-corrected chi connectivity index (χ0v) is 16.3. The van der Waals surface area contributed by atoms with E-state index >= 15 is 0 Å². The van der Waals surface area contributed by atoms with Gasteiger partial charge in [0.2, 0.25) is 0 Å². The molecule has 0 spiro atoms. The van der Waals surface area contributed by atoms with Crippen LogP contribution in [0.25, 0.3) is 0 Å². The Morgan fingerprint density at radius 2 is 1.73 bits per heavy atom. The molecule has 0 saturated heterocycles. The van der Waals surface area contributed by atoms with E-state index in [0.29, 0.717) is 6.42 Å². The molecule has 0 aromatic rings. The van der Waals surface area contributed by atoms with Gasteiger partial charge in [0.05, 0.1) is 12.7 Å². The molecule has 5 heteroatoms. The lowest BCUT2D eigenvalue weighted by Gasteiger charge is -2.08. The molecule has 5 nitrogen and oxygen atoms in total. The Bertz CT molecular complexity index is 379. The second-order valence-corrected chi connectivity index (χ2v) is 6.70. The SMILES string of the molecule is CCCCCC(O)C=CC=CCCCCCCCC(=O)OCC(O)CO. The van der Waals surface area contributed by atoms with Gasteiger partial charge in [0, 0.05) is 6.42 Å². The summed E-state index contributed by atoms with van der Waals surface area (Å²) < 4.78 is 4.84. The van der Waals surface area contributed by atoms with Crippen molar-refractivity contribution in [3.05, 3.63) is 24.3 Å². The Kier molecular flexibility index (Phi) is 17.8. The summed E-state index contributed by atoms with van der Waals surface area (Å²) in [5.74, 6) is -0.316. The van der Waals surface area contributed by atoms with Crippen molar-refractivity contribution in [3.8, 4) is 0 Å². The van der Waals surface area contributed by atoms with Crippen molar-refractivity contribution in [1.82, 2.24) is 0 Å². The van der Waals surface area contributed by atoms with Crippen LogP contribution in [0.3, 0.4) is 0 Å². The summed E-state index contributed by atoms with van der Waals surface area (Å²) in [6.45, 7) is 1.63. The van der Waals surface area contributed by atoms with Crippen LogP contribution in [0.15, 0.2) is 24.3 Å². The Morgan fingerprint density at radius 1 is 1.00 bits per heavy atom. The molecule has 0 aliphatic rings. The molecule has 0 aromatic carbocycles. The number of rotatable bonds is 17. The van der Waals surface area contributed by atoms with E-state index in [0.717, 1.165) is 51.4 Å². The van der Waals surface area contributed by atoms with Crippen molar-refractivity contribution in [2.45, 2.75) is 89.8 Å². The first-order chi connectivity index (χ1) is 12.6. The largest absolute Gasteiger partial charge is 0.463 e. The molecule has 0 aromatic heterocycles. The molecule has 0 amide bonds.